The van der Waals surface area contributed by atoms with Gasteiger partial charge in [0, 0.05) is 12.6 Å². The first-order valence-electron chi connectivity index (χ1n) is 8.79. The number of carbonyl (C=O) groups excluding carboxylic acids is 1. The van der Waals surface area contributed by atoms with Crippen molar-refractivity contribution >= 4 is 17.8 Å². The standard InChI is InChI=1S/C21H20F2N4O2/c1-12-9-16(15-7-5-14(6-8-15)11-24-29-4)18(10-17(12)22)25-21(28)19-13(2)26-27(3)20(19)23/h5-11H,1-4H3,(H,25,28)/b24-11+. The van der Waals surface area contributed by atoms with E-state index >= 15 is 0 Å². The summed E-state index contributed by atoms with van der Waals surface area (Å²) in [6.07, 6.45) is 1.55. The first kappa shape index (κ1) is 20.2. The number of anilines is 1. The number of aryl methyl sites for hydroxylation is 3. The topological polar surface area (TPSA) is 68.5 Å². The molecule has 0 saturated carbocycles. The Labute approximate surface area is 166 Å². The second-order valence-corrected chi connectivity index (χ2v) is 6.52. The van der Waals surface area contributed by atoms with Gasteiger partial charge in [-0.05, 0) is 42.7 Å². The second kappa shape index (κ2) is 8.22. The molecule has 150 valence electrons. The number of oxime groups is 1. The summed E-state index contributed by atoms with van der Waals surface area (Å²) in [7, 11) is 2.86. The molecule has 3 rings (SSSR count). The van der Waals surface area contributed by atoms with Gasteiger partial charge in [0.1, 0.15) is 18.5 Å². The number of halogens is 2. The van der Waals surface area contributed by atoms with Crippen LogP contribution in [-0.4, -0.2) is 29.0 Å². The molecule has 1 aromatic heterocycles. The van der Waals surface area contributed by atoms with E-state index in [4.69, 9.17) is 0 Å². The fraction of sp³-hybridized carbons (Fsp3) is 0.190. The molecule has 0 spiro atoms. The van der Waals surface area contributed by atoms with Crippen LogP contribution in [-0.2, 0) is 11.9 Å². The molecule has 0 aliphatic rings. The van der Waals surface area contributed by atoms with Gasteiger partial charge < -0.3 is 10.2 Å². The van der Waals surface area contributed by atoms with Gasteiger partial charge in [0.15, 0.2) is 0 Å². The summed E-state index contributed by atoms with van der Waals surface area (Å²) in [5.41, 5.74) is 2.90. The normalized spacial score (nSPS) is 11.1. The lowest BCUT2D eigenvalue weighted by Gasteiger charge is -2.13. The van der Waals surface area contributed by atoms with Crippen molar-refractivity contribution in [3.63, 3.8) is 0 Å². The molecule has 3 aromatic rings. The predicted molar refractivity (Wildman–Crippen MR) is 107 cm³/mol. The molecular formula is C21H20F2N4O2. The molecule has 0 aliphatic carbocycles. The summed E-state index contributed by atoms with van der Waals surface area (Å²) in [4.78, 5) is 17.3. The van der Waals surface area contributed by atoms with Crippen LogP contribution in [0.15, 0.2) is 41.6 Å². The Morgan fingerprint density at radius 2 is 1.90 bits per heavy atom. The van der Waals surface area contributed by atoms with Crippen LogP contribution in [0.3, 0.4) is 0 Å². The smallest absolute Gasteiger partial charge is 0.262 e. The molecule has 6 nitrogen and oxygen atoms in total. The van der Waals surface area contributed by atoms with Crippen molar-refractivity contribution in [2.24, 2.45) is 12.2 Å². The van der Waals surface area contributed by atoms with E-state index in [1.165, 1.54) is 27.1 Å². The van der Waals surface area contributed by atoms with Gasteiger partial charge in [-0.1, -0.05) is 29.4 Å². The van der Waals surface area contributed by atoms with Crippen molar-refractivity contribution in [3.8, 4) is 11.1 Å². The van der Waals surface area contributed by atoms with Crippen molar-refractivity contribution in [1.29, 1.82) is 0 Å². The molecule has 2 aromatic carbocycles. The molecule has 1 heterocycles. The van der Waals surface area contributed by atoms with Gasteiger partial charge in [0.2, 0.25) is 5.95 Å². The molecule has 0 saturated heterocycles. The number of benzene rings is 2. The lowest BCUT2D eigenvalue weighted by atomic mass is 9.99. The van der Waals surface area contributed by atoms with Crippen LogP contribution in [0, 0.1) is 25.6 Å². The second-order valence-electron chi connectivity index (χ2n) is 6.52. The van der Waals surface area contributed by atoms with E-state index in [0.29, 0.717) is 11.1 Å². The summed E-state index contributed by atoms with van der Waals surface area (Å²) in [6.45, 7) is 3.17. The van der Waals surface area contributed by atoms with E-state index in [9.17, 15) is 13.6 Å². The minimum absolute atomic E-state index is 0.175. The zero-order valence-electron chi connectivity index (χ0n) is 16.5. The summed E-state index contributed by atoms with van der Waals surface area (Å²) in [5.74, 6) is -1.92. The maximum Gasteiger partial charge on any atom is 0.262 e. The quantitative estimate of drug-likeness (QED) is 0.517. The number of carbonyl (C=O) groups is 1. The van der Waals surface area contributed by atoms with Crippen molar-refractivity contribution in [2.75, 3.05) is 12.4 Å². The molecule has 1 amide bonds. The number of hydrogen-bond donors (Lipinski definition) is 1. The van der Waals surface area contributed by atoms with E-state index in [-0.39, 0.29) is 16.9 Å². The minimum atomic E-state index is -0.754. The fourth-order valence-corrected chi connectivity index (χ4v) is 2.96. The maximum absolute atomic E-state index is 14.2. The third kappa shape index (κ3) is 4.16. The van der Waals surface area contributed by atoms with E-state index in [0.717, 1.165) is 15.8 Å². The van der Waals surface area contributed by atoms with Crippen LogP contribution in [0.2, 0.25) is 0 Å². The lowest BCUT2D eigenvalue weighted by molar-refractivity contribution is 0.102. The summed E-state index contributed by atoms with van der Waals surface area (Å²) < 4.78 is 29.4. The van der Waals surface area contributed by atoms with Crippen LogP contribution in [0.4, 0.5) is 14.5 Å². The highest BCUT2D eigenvalue weighted by atomic mass is 19.1. The van der Waals surface area contributed by atoms with Gasteiger partial charge in [-0.25, -0.2) is 9.07 Å². The monoisotopic (exact) mass is 398 g/mol. The van der Waals surface area contributed by atoms with E-state index in [1.807, 2.05) is 24.3 Å². The number of hydrogen-bond acceptors (Lipinski definition) is 4. The van der Waals surface area contributed by atoms with Gasteiger partial charge in [0.25, 0.3) is 5.91 Å². The highest BCUT2D eigenvalue weighted by Gasteiger charge is 2.22. The molecule has 0 atom stereocenters. The molecule has 1 N–H and O–H groups in total. The molecule has 0 fully saturated rings. The SMILES string of the molecule is CO/N=C/c1ccc(-c2cc(C)c(F)cc2NC(=O)c2c(C)nn(C)c2F)cc1. The Bertz CT molecular complexity index is 1090. The molecule has 0 aliphatic heterocycles. The van der Waals surface area contributed by atoms with E-state index in [1.54, 1.807) is 19.2 Å². The molecule has 0 radical (unpaired) electrons. The number of nitrogens with zero attached hydrogens (tertiary/aromatic N) is 3. The first-order chi connectivity index (χ1) is 13.8. The van der Waals surface area contributed by atoms with Gasteiger partial charge in [-0.2, -0.15) is 9.49 Å². The summed E-state index contributed by atoms with van der Waals surface area (Å²) in [5, 5.41) is 10.2. The summed E-state index contributed by atoms with van der Waals surface area (Å²) >= 11 is 0. The molecular weight excluding hydrogens is 378 g/mol. The van der Waals surface area contributed by atoms with Gasteiger partial charge in [0.05, 0.1) is 17.6 Å². The Hall–Kier alpha value is -3.55. The minimum Gasteiger partial charge on any atom is -0.399 e. The van der Waals surface area contributed by atoms with Crippen LogP contribution in [0.5, 0.6) is 0 Å². The highest BCUT2D eigenvalue weighted by molar-refractivity contribution is 6.07. The largest absolute Gasteiger partial charge is 0.399 e. The van der Waals surface area contributed by atoms with Crippen molar-refractivity contribution in [2.45, 2.75) is 13.8 Å². The van der Waals surface area contributed by atoms with Crippen LogP contribution < -0.4 is 5.32 Å². The third-order valence-electron chi connectivity index (χ3n) is 4.46. The van der Waals surface area contributed by atoms with Crippen molar-refractivity contribution in [3.05, 3.63) is 70.5 Å². The summed E-state index contributed by atoms with van der Waals surface area (Å²) in [6, 6.07) is 10.1. The van der Waals surface area contributed by atoms with Crippen molar-refractivity contribution < 1.29 is 18.4 Å². The zero-order chi connectivity index (χ0) is 21.1. The average molecular weight is 398 g/mol. The Morgan fingerprint density at radius 3 is 2.48 bits per heavy atom. The number of nitrogens with one attached hydrogen (secondary N) is 1. The Kier molecular flexibility index (Phi) is 5.72. The van der Waals surface area contributed by atoms with E-state index in [2.05, 4.69) is 20.4 Å². The van der Waals surface area contributed by atoms with Crippen LogP contribution in [0.1, 0.15) is 27.2 Å². The van der Waals surface area contributed by atoms with Gasteiger partial charge in [-0.15, -0.1) is 0 Å². The Morgan fingerprint density at radius 1 is 1.21 bits per heavy atom. The Balaban J connectivity index is 2.00. The van der Waals surface area contributed by atoms with Crippen LogP contribution >= 0.6 is 0 Å². The first-order valence-corrected chi connectivity index (χ1v) is 8.79. The zero-order valence-corrected chi connectivity index (χ0v) is 16.5. The molecule has 8 heteroatoms. The number of amides is 1. The molecule has 29 heavy (non-hydrogen) atoms. The molecule has 0 unspecified atom stereocenters. The third-order valence-corrected chi connectivity index (χ3v) is 4.46. The number of rotatable bonds is 5. The number of aromatic nitrogens is 2. The molecule has 0 bridgehead atoms. The van der Waals surface area contributed by atoms with Crippen molar-refractivity contribution in [1.82, 2.24) is 9.78 Å². The van der Waals surface area contributed by atoms with E-state index < -0.39 is 17.7 Å². The van der Waals surface area contributed by atoms with Gasteiger partial charge >= 0.3 is 0 Å². The lowest BCUT2D eigenvalue weighted by Crippen LogP contribution is -2.15. The van der Waals surface area contributed by atoms with Gasteiger partial charge in [-0.3, -0.25) is 4.79 Å². The average Bonchev–Trinajstić information content (AvgIpc) is 2.95. The maximum atomic E-state index is 14.2. The predicted octanol–water partition coefficient (Wildman–Crippen LogP) is 4.21. The highest BCUT2D eigenvalue weighted by Crippen LogP contribution is 2.31. The fourth-order valence-electron chi connectivity index (χ4n) is 2.96. The van der Waals surface area contributed by atoms with Crippen LogP contribution in [0.25, 0.3) is 11.1 Å².